The van der Waals surface area contributed by atoms with Crippen molar-refractivity contribution >= 4 is 22.8 Å². The van der Waals surface area contributed by atoms with Crippen molar-refractivity contribution < 1.29 is 18.3 Å². The van der Waals surface area contributed by atoms with Gasteiger partial charge in [-0.05, 0) is 56.4 Å². The largest absolute Gasteiger partial charge is 0.463 e. The van der Waals surface area contributed by atoms with Crippen LogP contribution in [0.25, 0.3) is 11.1 Å². The van der Waals surface area contributed by atoms with Crippen LogP contribution < -0.4 is 10.1 Å². The molecule has 2 aromatic heterocycles. The minimum absolute atomic E-state index is 0.00363. The smallest absolute Gasteiger partial charge is 0.258 e. The summed E-state index contributed by atoms with van der Waals surface area (Å²) in [6, 6.07) is 5.50. The minimum Gasteiger partial charge on any atom is -0.463 e. The molecule has 1 N–H and O–H groups in total. The summed E-state index contributed by atoms with van der Waals surface area (Å²) in [5.74, 6) is 1.51. The Balaban J connectivity index is 1.49. The number of hydrogen-bond acceptors (Lipinski definition) is 6. The number of benzene rings is 1. The summed E-state index contributed by atoms with van der Waals surface area (Å²) in [6.45, 7) is 4.06. The first-order valence-corrected chi connectivity index (χ1v) is 10.1. The van der Waals surface area contributed by atoms with Gasteiger partial charge >= 0.3 is 0 Å². The van der Waals surface area contributed by atoms with Gasteiger partial charge in [-0.25, -0.2) is 14.4 Å². The highest BCUT2D eigenvalue weighted by Gasteiger charge is 2.39. The fourth-order valence-corrected chi connectivity index (χ4v) is 4.01. The standard InChI is InChI=1S/C22H23FN4O3/c1-13-17(18-19(26-22(2)6-7-22)24-12-25-20(18)30-13)21(28)27-8-5-14-3-4-16(29-11-23)9-15(14)10-27/h3-4,9,12H,5-8,10-11H2,1-2H3,(H,24,25,26). The molecule has 1 aliphatic heterocycles. The van der Waals surface area contributed by atoms with Gasteiger partial charge in [0.1, 0.15) is 23.7 Å². The zero-order valence-electron chi connectivity index (χ0n) is 17.0. The first-order chi connectivity index (χ1) is 14.5. The monoisotopic (exact) mass is 410 g/mol. The molecule has 3 heterocycles. The highest BCUT2D eigenvalue weighted by atomic mass is 19.1. The molecule has 1 fully saturated rings. The van der Waals surface area contributed by atoms with E-state index in [-0.39, 0.29) is 11.4 Å². The van der Waals surface area contributed by atoms with E-state index in [0.29, 0.717) is 47.1 Å². The van der Waals surface area contributed by atoms with Gasteiger partial charge in [0, 0.05) is 18.6 Å². The van der Waals surface area contributed by atoms with E-state index in [1.165, 1.54) is 6.33 Å². The predicted molar refractivity (Wildman–Crippen MR) is 109 cm³/mol. The number of aromatic nitrogens is 2. The average Bonchev–Trinajstić information content (AvgIpc) is 3.35. The summed E-state index contributed by atoms with van der Waals surface area (Å²) in [5.41, 5.74) is 3.02. The predicted octanol–water partition coefficient (Wildman–Crippen LogP) is 4.00. The van der Waals surface area contributed by atoms with Crippen molar-refractivity contribution in [3.8, 4) is 5.75 Å². The second-order valence-electron chi connectivity index (χ2n) is 8.28. The molecule has 1 saturated carbocycles. The van der Waals surface area contributed by atoms with E-state index >= 15 is 0 Å². The average molecular weight is 410 g/mol. The zero-order chi connectivity index (χ0) is 20.9. The maximum absolute atomic E-state index is 13.5. The molecule has 156 valence electrons. The highest BCUT2D eigenvalue weighted by molar-refractivity contribution is 6.10. The van der Waals surface area contributed by atoms with Gasteiger partial charge in [-0.3, -0.25) is 4.79 Å². The molecule has 1 aliphatic carbocycles. The third-order valence-corrected chi connectivity index (χ3v) is 6.00. The van der Waals surface area contributed by atoms with E-state index in [9.17, 15) is 9.18 Å². The third kappa shape index (κ3) is 3.26. The molecule has 0 bridgehead atoms. The molecule has 2 aliphatic rings. The fraction of sp³-hybridized carbons (Fsp3) is 0.409. The first kappa shape index (κ1) is 18.8. The van der Waals surface area contributed by atoms with Crippen LogP contribution in [0.1, 0.15) is 47.0 Å². The van der Waals surface area contributed by atoms with Crippen molar-refractivity contribution in [2.45, 2.75) is 45.2 Å². The van der Waals surface area contributed by atoms with Crippen LogP contribution >= 0.6 is 0 Å². The van der Waals surface area contributed by atoms with Gasteiger partial charge < -0.3 is 19.4 Å². The van der Waals surface area contributed by atoms with Crippen LogP contribution in [-0.4, -0.2) is 39.7 Å². The topological polar surface area (TPSA) is 80.5 Å². The zero-order valence-corrected chi connectivity index (χ0v) is 17.0. The number of fused-ring (bicyclic) bond motifs is 2. The Bertz CT molecular complexity index is 1140. The van der Waals surface area contributed by atoms with Crippen LogP contribution in [0.5, 0.6) is 5.75 Å². The highest BCUT2D eigenvalue weighted by Crippen LogP contribution is 2.40. The molecule has 1 amide bonds. The summed E-state index contributed by atoms with van der Waals surface area (Å²) >= 11 is 0. The van der Waals surface area contributed by atoms with E-state index in [4.69, 9.17) is 9.15 Å². The van der Waals surface area contributed by atoms with Crippen molar-refractivity contribution in [1.29, 1.82) is 0 Å². The normalized spacial score (nSPS) is 17.0. The molecular weight excluding hydrogens is 387 g/mol. The summed E-state index contributed by atoms with van der Waals surface area (Å²) < 4.78 is 23.3. The van der Waals surface area contributed by atoms with Crippen molar-refractivity contribution in [1.82, 2.24) is 14.9 Å². The number of nitrogens with zero attached hydrogens (tertiary/aromatic N) is 3. The minimum atomic E-state index is -0.879. The van der Waals surface area contributed by atoms with Crippen LogP contribution in [-0.2, 0) is 13.0 Å². The van der Waals surface area contributed by atoms with E-state index in [2.05, 4.69) is 22.2 Å². The quantitative estimate of drug-likeness (QED) is 0.685. The van der Waals surface area contributed by atoms with E-state index in [1.807, 2.05) is 6.07 Å². The van der Waals surface area contributed by atoms with Crippen molar-refractivity contribution in [2.24, 2.45) is 0 Å². The number of halogens is 1. The van der Waals surface area contributed by atoms with E-state index in [0.717, 1.165) is 30.4 Å². The second-order valence-corrected chi connectivity index (χ2v) is 8.28. The van der Waals surface area contributed by atoms with Gasteiger partial charge in [0.2, 0.25) is 12.6 Å². The number of ether oxygens (including phenoxy) is 1. The van der Waals surface area contributed by atoms with Crippen molar-refractivity contribution in [3.63, 3.8) is 0 Å². The van der Waals surface area contributed by atoms with Gasteiger partial charge in [0.15, 0.2) is 0 Å². The second kappa shape index (κ2) is 6.97. The third-order valence-electron chi connectivity index (χ3n) is 6.00. The number of amides is 1. The number of hydrogen-bond donors (Lipinski definition) is 1. The SMILES string of the molecule is Cc1oc2ncnc(NC3(C)CC3)c2c1C(=O)N1CCc2ccc(OCF)cc2C1. The number of carbonyl (C=O) groups is 1. The summed E-state index contributed by atoms with van der Waals surface area (Å²) in [5, 5.41) is 4.08. The van der Waals surface area contributed by atoms with Crippen LogP contribution in [0.2, 0.25) is 0 Å². The maximum Gasteiger partial charge on any atom is 0.258 e. The molecule has 8 heteroatoms. The Hall–Kier alpha value is -3.16. The van der Waals surface area contributed by atoms with Gasteiger partial charge in [0.05, 0.1) is 10.9 Å². The van der Waals surface area contributed by atoms with Crippen LogP contribution in [0.15, 0.2) is 28.9 Å². The van der Waals surface area contributed by atoms with E-state index in [1.54, 1.807) is 24.0 Å². The molecule has 0 atom stereocenters. The number of rotatable bonds is 5. The van der Waals surface area contributed by atoms with Crippen LogP contribution in [0.3, 0.4) is 0 Å². The summed E-state index contributed by atoms with van der Waals surface area (Å²) in [6.07, 6.45) is 4.30. The molecule has 30 heavy (non-hydrogen) atoms. The Morgan fingerprint density at radius 2 is 2.17 bits per heavy atom. The van der Waals surface area contributed by atoms with Crippen LogP contribution in [0.4, 0.5) is 10.2 Å². The summed E-state index contributed by atoms with van der Waals surface area (Å²) in [4.78, 5) is 24.0. The number of nitrogens with one attached hydrogen (secondary N) is 1. The Kier molecular flexibility index (Phi) is 4.38. The number of anilines is 1. The molecule has 0 saturated heterocycles. The number of alkyl halides is 1. The fourth-order valence-electron chi connectivity index (χ4n) is 4.01. The molecular formula is C22H23FN4O3. The number of aryl methyl sites for hydroxylation is 1. The Morgan fingerprint density at radius 3 is 2.93 bits per heavy atom. The lowest BCUT2D eigenvalue weighted by Crippen LogP contribution is -2.36. The molecule has 1 aromatic carbocycles. The summed E-state index contributed by atoms with van der Waals surface area (Å²) in [7, 11) is 0. The lowest BCUT2D eigenvalue weighted by Gasteiger charge is -2.29. The lowest BCUT2D eigenvalue weighted by molar-refractivity contribution is 0.0734. The molecule has 3 aromatic rings. The maximum atomic E-state index is 13.5. The molecule has 0 unspecified atom stereocenters. The Morgan fingerprint density at radius 1 is 1.33 bits per heavy atom. The molecule has 5 rings (SSSR count). The van der Waals surface area contributed by atoms with Crippen molar-refractivity contribution in [3.05, 3.63) is 47.0 Å². The van der Waals surface area contributed by atoms with Gasteiger partial charge in [-0.1, -0.05) is 6.07 Å². The van der Waals surface area contributed by atoms with Crippen molar-refractivity contribution in [2.75, 3.05) is 18.7 Å². The number of furan rings is 1. The van der Waals surface area contributed by atoms with Gasteiger partial charge in [0.25, 0.3) is 5.91 Å². The van der Waals surface area contributed by atoms with Gasteiger partial charge in [-0.2, -0.15) is 0 Å². The van der Waals surface area contributed by atoms with E-state index < -0.39 is 6.86 Å². The number of carbonyl (C=O) groups excluding carboxylic acids is 1. The Labute approximate surface area is 173 Å². The molecule has 0 spiro atoms. The first-order valence-electron chi connectivity index (χ1n) is 10.1. The van der Waals surface area contributed by atoms with Gasteiger partial charge in [-0.15, -0.1) is 0 Å². The molecule has 7 nitrogen and oxygen atoms in total. The van der Waals surface area contributed by atoms with Crippen LogP contribution in [0, 0.1) is 6.92 Å². The molecule has 0 radical (unpaired) electrons. The lowest BCUT2D eigenvalue weighted by atomic mass is 9.98.